The molecule has 0 heterocycles. The van der Waals surface area contributed by atoms with E-state index in [-0.39, 0.29) is 0 Å². The van der Waals surface area contributed by atoms with Gasteiger partial charge in [-0.25, -0.2) is 0 Å². The van der Waals surface area contributed by atoms with Crippen LogP contribution in [-0.4, -0.2) is 11.1 Å². The maximum absolute atomic E-state index is 10.5. The van der Waals surface area contributed by atoms with Crippen molar-refractivity contribution in [3.8, 4) is 0 Å². The molecule has 0 amide bonds. The smallest absolute Gasteiger partial charge is 0.303 e. The van der Waals surface area contributed by atoms with Crippen molar-refractivity contribution in [1.29, 1.82) is 0 Å². The first kappa shape index (κ1) is 48.5. The van der Waals surface area contributed by atoms with E-state index in [9.17, 15) is 4.79 Å². The van der Waals surface area contributed by atoms with Crippen molar-refractivity contribution in [1.82, 2.24) is 0 Å². The van der Waals surface area contributed by atoms with Crippen LogP contribution in [0.15, 0.2) is 0 Å². The van der Waals surface area contributed by atoms with E-state index in [0.29, 0.717) is 6.42 Å². The molecule has 0 aliphatic carbocycles. The second-order valence-electron chi connectivity index (χ2n) is 16.3. The van der Waals surface area contributed by atoms with Crippen LogP contribution >= 0.6 is 0 Å². The van der Waals surface area contributed by atoms with Gasteiger partial charge in [0.05, 0.1) is 0 Å². The number of hydrogen-bond acceptors (Lipinski definition) is 1. The van der Waals surface area contributed by atoms with E-state index in [2.05, 4.69) is 6.92 Å². The third-order valence-corrected chi connectivity index (χ3v) is 11.2. The summed E-state index contributed by atoms with van der Waals surface area (Å²) < 4.78 is 0. The first-order valence-corrected chi connectivity index (χ1v) is 23.5. The van der Waals surface area contributed by atoms with Crippen molar-refractivity contribution < 1.29 is 9.90 Å². The molecule has 0 aliphatic rings. The Morgan fingerprint density at radius 1 is 0.245 bits per heavy atom. The Balaban J connectivity index is 3.05. The van der Waals surface area contributed by atoms with Gasteiger partial charge in [0, 0.05) is 6.42 Å². The molecule has 0 aromatic heterocycles. The highest BCUT2D eigenvalue weighted by molar-refractivity contribution is 5.66. The molecule has 0 aromatic carbocycles. The van der Waals surface area contributed by atoms with Crippen LogP contribution in [-0.2, 0) is 4.79 Å². The Labute approximate surface area is 310 Å². The standard InChI is InChI=1S/C47H94O2/c1-2-3-4-5-6-7-8-9-10-11-12-13-14-15-16-17-18-19-20-21-22-23-24-25-26-27-28-29-30-31-32-33-34-35-36-37-38-39-40-41-42-43-44-45-46-47(48)49/h2-46H2,1H3,(H,48,49). The van der Waals surface area contributed by atoms with Crippen LogP contribution in [0.5, 0.6) is 0 Å². The Bertz CT molecular complexity index is 587. The average molecular weight is 691 g/mol. The van der Waals surface area contributed by atoms with Gasteiger partial charge in [-0.3, -0.25) is 4.79 Å². The van der Waals surface area contributed by atoms with E-state index in [4.69, 9.17) is 5.11 Å². The molecule has 0 radical (unpaired) electrons. The zero-order valence-corrected chi connectivity index (χ0v) is 34.2. The molecule has 0 rings (SSSR count). The van der Waals surface area contributed by atoms with Crippen molar-refractivity contribution in [2.75, 3.05) is 0 Å². The highest BCUT2D eigenvalue weighted by Crippen LogP contribution is 2.18. The summed E-state index contributed by atoms with van der Waals surface area (Å²) in [6.45, 7) is 2.31. The third-order valence-electron chi connectivity index (χ3n) is 11.2. The molecule has 0 saturated heterocycles. The van der Waals surface area contributed by atoms with Gasteiger partial charge in [-0.1, -0.05) is 283 Å². The second kappa shape index (κ2) is 45.5. The van der Waals surface area contributed by atoms with E-state index in [1.807, 2.05) is 0 Å². The number of carboxylic acid groups (broad SMARTS) is 1. The summed E-state index contributed by atoms with van der Waals surface area (Å²) in [5, 5.41) is 8.66. The minimum Gasteiger partial charge on any atom is -0.481 e. The summed E-state index contributed by atoms with van der Waals surface area (Å²) in [6, 6.07) is 0. The number of aliphatic carboxylic acids is 1. The molecule has 0 saturated carbocycles. The lowest BCUT2D eigenvalue weighted by molar-refractivity contribution is -0.137. The molecule has 0 aliphatic heterocycles. The maximum atomic E-state index is 10.5. The van der Waals surface area contributed by atoms with Gasteiger partial charge in [-0.15, -0.1) is 0 Å². The molecular weight excluding hydrogens is 597 g/mol. The number of unbranched alkanes of at least 4 members (excludes halogenated alkanes) is 43. The fourth-order valence-electron chi connectivity index (χ4n) is 7.77. The Hall–Kier alpha value is -0.530. The highest BCUT2D eigenvalue weighted by atomic mass is 16.4. The van der Waals surface area contributed by atoms with Crippen molar-refractivity contribution in [2.45, 2.75) is 296 Å². The van der Waals surface area contributed by atoms with Gasteiger partial charge < -0.3 is 5.11 Å². The van der Waals surface area contributed by atoms with Crippen molar-refractivity contribution in [3.05, 3.63) is 0 Å². The molecule has 0 fully saturated rings. The lowest BCUT2D eigenvalue weighted by atomic mass is 10.0. The summed E-state index contributed by atoms with van der Waals surface area (Å²) >= 11 is 0. The third kappa shape index (κ3) is 47.5. The summed E-state index contributed by atoms with van der Waals surface area (Å²) in [6.07, 6.45) is 63.3. The topological polar surface area (TPSA) is 37.3 Å². The fourth-order valence-corrected chi connectivity index (χ4v) is 7.77. The molecule has 0 unspecified atom stereocenters. The van der Waals surface area contributed by atoms with Crippen LogP contribution in [0.3, 0.4) is 0 Å². The van der Waals surface area contributed by atoms with Crippen LogP contribution in [0.2, 0.25) is 0 Å². The van der Waals surface area contributed by atoms with Gasteiger partial charge >= 0.3 is 5.97 Å². The van der Waals surface area contributed by atoms with Crippen LogP contribution in [0.4, 0.5) is 0 Å². The van der Waals surface area contributed by atoms with E-state index >= 15 is 0 Å². The maximum Gasteiger partial charge on any atom is 0.303 e. The van der Waals surface area contributed by atoms with E-state index in [0.717, 1.165) is 12.8 Å². The minimum absolute atomic E-state index is 0.347. The van der Waals surface area contributed by atoms with E-state index in [1.165, 1.54) is 270 Å². The van der Waals surface area contributed by atoms with Gasteiger partial charge in [0.15, 0.2) is 0 Å². The van der Waals surface area contributed by atoms with Crippen LogP contribution in [0.25, 0.3) is 0 Å². The molecule has 294 valence electrons. The van der Waals surface area contributed by atoms with Crippen LogP contribution in [0, 0.1) is 0 Å². The molecule has 1 N–H and O–H groups in total. The van der Waals surface area contributed by atoms with Gasteiger partial charge in [-0.05, 0) is 6.42 Å². The molecule has 2 heteroatoms. The molecule has 0 bridgehead atoms. The average Bonchev–Trinajstić information content (AvgIpc) is 3.10. The lowest BCUT2D eigenvalue weighted by Crippen LogP contribution is -1.93. The second-order valence-corrected chi connectivity index (χ2v) is 16.3. The predicted molar refractivity (Wildman–Crippen MR) is 221 cm³/mol. The van der Waals surface area contributed by atoms with Crippen molar-refractivity contribution >= 4 is 5.97 Å². The fraction of sp³-hybridized carbons (Fsp3) is 0.979. The largest absolute Gasteiger partial charge is 0.481 e. The minimum atomic E-state index is -0.646. The summed E-state index contributed by atoms with van der Waals surface area (Å²) in [5.74, 6) is -0.646. The van der Waals surface area contributed by atoms with E-state index < -0.39 is 5.97 Å². The Morgan fingerprint density at radius 3 is 0.490 bits per heavy atom. The number of rotatable bonds is 45. The SMILES string of the molecule is CCCCCCCCCCCCCCCCCCCCCCCCCCCCCCCCCCCCCCCCCCCCCCC(=O)O. The molecular formula is C47H94O2. The van der Waals surface area contributed by atoms with Crippen molar-refractivity contribution in [2.24, 2.45) is 0 Å². The van der Waals surface area contributed by atoms with Gasteiger partial charge in [0.25, 0.3) is 0 Å². The molecule has 0 aromatic rings. The van der Waals surface area contributed by atoms with E-state index in [1.54, 1.807) is 0 Å². The predicted octanol–water partition coefficient (Wildman–Crippen LogP) is 17.6. The van der Waals surface area contributed by atoms with Crippen LogP contribution < -0.4 is 0 Å². The summed E-state index contributed by atoms with van der Waals surface area (Å²) in [5.41, 5.74) is 0. The first-order chi connectivity index (χ1) is 24.3. The van der Waals surface area contributed by atoms with Gasteiger partial charge in [-0.2, -0.15) is 0 Å². The molecule has 49 heavy (non-hydrogen) atoms. The molecule has 0 atom stereocenters. The monoisotopic (exact) mass is 691 g/mol. The summed E-state index contributed by atoms with van der Waals surface area (Å²) in [7, 11) is 0. The van der Waals surface area contributed by atoms with Gasteiger partial charge in [0.1, 0.15) is 0 Å². The number of hydrogen-bond donors (Lipinski definition) is 1. The number of carbonyl (C=O) groups is 1. The quantitative estimate of drug-likeness (QED) is 0.0646. The Kier molecular flexibility index (Phi) is 45.0. The van der Waals surface area contributed by atoms with Crippen LogP contribution in [0.1, 0.15) is 296 Å². The highest BCUT2D eigenvalue weighted by Gasteiger charge is 1.99. The molecule has 0 spiro atoms. The summed E-state index contributed by atoms with van der Waals surface area (Å²) in [4.78, 5) is 10.5. The lowest BCUT2D eigenvalue weighted by Gasteiger charge is -2.05. The van der Waals surface area contributed by atoms with Crippen molar-refractivity contribution in [3.63, 3.8) is 0 Å². The number of carboxylic acids is 1. The Morgan fingerprint density at radius 2 is 0.367 bits per heavy atom. The normalized spacial score (nSPS) is 11.5. The van der Waals surface area contributed by atoms with Gasteiger partial charge in [0.2, 0.25) is 0 Å². The zero-order valence-electron chi connectivity index (χ0n) is 34.2. The first-order valence-electron chi connectivity index (χ1n) is 23.5. The molecule has 2 nitrogen and oxygen atoms in total. The zero-order chi connectivity index (χ0) is 35.4.